The van der Waals surface area contributed by atoms with Gasteiger partial charge in [-0.2, -0.15) is 0 Å². The van der Waals surface area contributed by atoms with Crippen LogP contribution >= 0.6 is 0 Å². The fourth-order valence-electron chi connectivity index (χ4n) is 6.47. The lowest BCUT2D eigenvalue weighted by Gasteiger charge is -2.39. The average molecular weight is 819 g/mol. The van der Waals surface area contributed by atoms with E-state index in [1.165, 1.54) is 70.6 Å². The van der Waals surface area contributed by atoms with Gasteiger partial charge >= 0.3 is 11.9 Å². The molecular weight excluding hydrogens is 737 g/mol. The van der Waals surface area contributed by atoms with Crippen molar-refractivity contribution in [3.05, 3.63) is 60.8 Å². The van der Waals surface area contributed by atoms with Crippen LogP contribution in [0.3, 0.4) is 0 Å². The fraction of sp³-hybridized carbons (Fsp3) is 0.750. The van der Waals surface area contributed by atoms with E-state index in [-0.39, 0.29) is 26.1 Å². The molecule has 58 heavy (non-hydrogen) atoms. The fourth-order valence-corrected chi connectivity index (χ4v) is 6.47. The molecule has 0 amide bonds. The second-order valence-corrected chi connectivity index (χ2v) is 15.5. The first kappa shape index (κ1) is 53.4. The quantitative estimate of drug-likeness (QED) is 0.0271. The standard InChI is InChI=1S/C48H82O10/c1-3-5-7-9-11-13-15-17-18-19-20-21-22-23-24-25-27-28-30-32-34-36-43(50)55-39-41(40-56-48-47(54)46(53)45(52)42(38-49)58-48)57-44(51)37-35-33-31-29-26-16-14-12-10-8-6-4-2/h12,14,18-19,21-22,24-25,28,30,41-42,45-49,52-54H,3-11,13,15-17,20,23,26-27,29,31-40H2,1-2H3/b14-12+,19-18+,22-21+,25-24+,30-28+/t41-,42-,45+,46?,47?,48-/m0/s1. The Hall–Kier alpha value is -2.60. The molecule has 0 saturated carbocycles. The maximum atomic E-state index is 12.7. The van der Waals surface area contributed by atoms with Gasteiger partial charge in [0.2, 0.25) is 0 Å². The average Bonchev–Trinajstić information content (AvgIpc) is 3.22. The van der Waals surface area contributed by atoms with Crippen molar-refractivity contribution in [2.45, 2.75) is 211 Å². The molecule has 1 aliphatic rings. The minimum Gasteiger partial charge on any atom is -0.462 e. The molecule has 0 aromatic carbocycles. The Labute approximate surface area is 351 Å². The zero-order valence-electron chi connectivity index (χ0n) is 36.3. The highest BCUT2D eigenvalue weighted by atomic mass is 16.7. The number of rotatable bonds is 37. The second-order valence-electron chi connectivity index (χ2n) is 15.5. The van der Waals surface area contributed by atoms with Crippen molar-refractivity contribution in [1.82, 2.24) is 0 Å². The predicted octanol–water partition coefficient (Wildman–Crippen LogP) is 9.83. The van der Waals surface area contributed by atoms with E-state index in [0.29, 0.717) is 12.8 Å². The largest absolute Gasteiger partial charge is 0.462 e. The summed E-state index contributed by atoms with van der Waals surface area (Å²) in [6.45, 7) is 3.32. The number of ether oxygens (including phenoxy) is 4. The van der Waals surface area contributed by atoms with Crippen LogP contribution in [-0.2, 0) is 28.5 Å². The van der Waals surface area contributed by atoms with Crippen molar-refractivity contribution >= 4 is 11.9 Å². The summed E-state index contributed by atoms with van der Waals surface area (Å²) in [4.78, 5) is 25.3. The summed E-state index contributed by atoms with van der Waals surface area (Å²) in [5.74, 6) is -0.886. The van der Waals surface area contributed by atoms with Crippen LogP contribution in [0.4, 0.5) is 0 Å². The molecule has 0 aromatic rings. The maximum absolute atomic E-state index is 12.7. The SMILES string of the molecule is CCCCC/C=C/CCCCCCCC(=O)O[C@@H](COC(=O)CCC/C=C/C/C=C/C/C=C/C/C=C/CCCCCCCCC)CO[C@H]1O[C@@H](CO)[C@@H](O)C(O)C1O. The summed E-state index contributed by atoms with van der Waals surface area (Å²) in [7, 11) is 0. The van der Waals surface area contributed by atoms with Crippen LogP contribution < -0.4 is 0 Å². The maximum Gasteiger partial charge on any atom is 0.306 e. The molecule has 0 radical (unpaired) electrons. The Kier molecular flexibility index (Phi) is 35.5. The number of allylic oxidation sites excluding steroid dienone is 10. The normalized spacial score (nSPS) is 20.7. The van der Waals surface area contributed by atoms with Crippen LogP contribution in [0.1, 0.15) is 174 Å². The highest BCUT2D eigenvalue weighted by Crippen LogP contribution is 2.22. The van der Waals surface area contributed by atoms with Crippen LogP contribution in [0.25, 0.3) is 0 Å². The summed E-state index contributed by atoms with van der Waals surface area (Å²) in [6, 6.07) is 0. The van der Waals surface area contributed by atoms with E-state index in [1.54, 1.807) is 0 Å². The van der Waals surface area contributed by atoms with Crippen LogP contribution in [0.2, 0.25) is 0 Å². The molecule has 1 rings (SSSR count). The van der Waals surface area contributed by atoms with E-state index in [0.717, 1.165) is 64.2 Å². The summed E-state index contributed by atoms with van der Waals surface area (Å²) in [5.41, 5.74) is 0. The molecule has 6 atom stereocenters. The van der Waals surface area contributed by atoms with Crippen molar-refractivity contribution in [3.8, 4) is 0 Å². The van der Waals surface area contributed by atoms with Gasteiger partial charge in [0, 0.05) is 12.8 Å². The zero-order valence-corrected chi connectivity index (χ0v) is 36.3. The van der Waals surface area contributed by atoms with Gasteiger partial charge in [-0.05, 0) is 77.0 Å². The van der Waals surface area contributed by atoms with Crippen molar-refractivity contribution in [1.29, 1.82) is 0 Å². The number of aliphatic hydroxyl groups is 4. The predicted molar refractivity (Wildman–Crippen MR) is 233 cm³/mol. The van der Waals surface area contributed by atoms with Crippen LogP contribution in [0.5, 0.6) is 0 Å². The van der Waals surface area contributed by atoms with Gasteiger partial charge in [0.1, 0.15) is 31.0 Å². The number of unbranched alkanes of at least 4 members (excludes halogenated alkanes) is 16. The molecule has 2 unspecified atom stereocenters. The lowest BCUT2D eigenvalue weighted by molar-refractivity contribution is -0.305. The lowest BCUT2D eigenvalue weighted by Crippen LogP contribution is -2.59. The third-order valence-electron chi connectivity index (χ3n) is 10.1. The van der Waals surface area contributed by atoms with Crippen LogP contribution in [0.15, 0.2) is 60.8 Å². The van der Waals surface area contributed by atoms with E-state index in [2.05, 4.69) is 74.6 Å². The number of hydrogen-bond donors (Lipinski definition) is 4. The molecular formula is C48H82O10. The van der Waals surface area contributed by atoms with E-state index < -0.39 is 55.4 Å². The van der Waals surface area contributed by atoms with E-state index in [4.69, 9.17) is 18.9 Å². The number of esters is 2. The minimum absolute atomic E-state index is 0.196. The second kappa shape index (κ2) is 38.6. The third kappa shape index (κ3) is 29.6. The van der Waals surface area contributed by atoms with Crippen molar-refractivity contribution in [2.24, 2.45) is 0 Å². The molecule has 1 heterocycles. The zero-order chi connectivity index (χ0) is 42.3. The molecule has 10 nitrogen and oxygen atoms in total. The molecule has 1 fully saturated rings. The summed E-state index contributed by atoms with van der Waals surface area (Å²) >= 11 is 0. The Bertz CT molecular complexity index is 1130. The van der Waals surface area contributed by atoms with Gasteiger partial charge < -0.3 is 39.4 Å². The topological polar surface area (TPSA) is 152 Å². The number of carbonyl (C=O) groups is 2. The lowest BCUT2D eigenvalue weighted by atomic mass is 9.99. The van der Waals surface area contributed by atoms with Gasteiger partial charge in [0.25, 0.3) is 0 Å². The third-order valence-corrected chi connectivity index (χ3v) is 10.1. The van der Waals surface area contributed by atoms with Crippen LogP contribution in [0, 0.1) is 0 Å². The summed E-state index contributed by atoms with van der Waals surface area (Å²) in [6.07, 6.45) is 39.5. The molecule has 1 saturated heterocycles. The molecule has 0 spiro atoms. The van der Waals surface area contributed by atoms with Gasteiger partial charge in [-0.25, -0.2) is 0 Å². The van der Waals surface area contributed by atoms with E-state index in [9.17, 15) is 30.0 Å². The van der Waals surface area contributed by atoms with Crippen molar-refractivity contribution in [2.75, 3.05) is 19.8 Å². The summed E-state index contributed by atoms with van der Waals surface area (Å²) in [5, 5.41) is 40.0. The molecule has 0 aromatic heterocycles. The Morgan fingerprint density at radius 3 is 1.55 bits per heavy atom. The van der Waals surface area contributed by atoms with Gasteiger partial charge in [-0.1, -0.05) is 145 Å². The molecule has 4 N–H and O–H groups in total. The highest BCUT2D eigenvalue weighted by molar-refractivity contribution is 5.70. The first-order chi connectivity index (χ1) is 28.3. The molecule has 10 heteroatoms. The smallest absolute Gasteiger partial charge is 0.306 e. The molecule has 334 valence electrons. The van der Waals surface area contributed by atoms with Crippen molar-refractivity contribution in [3.63, 3.8) is 0 Å². The number of carbonyl (C=O) groups excluding carboxylic acids is 2. The Balaban J connectivity index is 2.36. The van der Waals surface area contributed by atoms with Gasteiger partial charge in [-0.15, -0.1) is 0 Å². The first-order valence-corrected chi connectivity index (χ1v) is 22.9. The molecule has 0 bridgehead atoms. The highest BCUT2D eigenvalue weighted by Gasteiger charge is 2.44. The Morgan fingerprint density at radius 1 is 0.534 bits per heavy atom. The summed E-state index contributed by atoms with van der Waals surface area (Å²) < 4.78 is 22.1. The van der Waals surface area contributed by atoms with Crippen molar-refractivity contribution < 1.29 is 49.0 Å². The van der Waals surface area contributed by atoms with E-state index in [1.807, 2.05) is 0 Å². The monoisotopic (exact) mass is 819 g/mol. The van der Waals surface area contributed by atoms with Gasteiger partial charge in [-0.3, -0.25) is 9.59 Å². The van der Waals surface area contributed by atoms with Crippen LogP contribution in [-0.4, -0.2) is 89.0 Å². The number of hydrogen-bond acceptors (Lipinski definition) is 10. The molecule has 0 aliphatic carbocycles. The van der Waals surface area contributed by atoms with Gasteiger partial charge in [0.15, 0.2) is 12.4 Å². The molecule has 1 aliphatic heterocycles. The number of aliphatic hydroxyl groups excluding tert-OH is 4. The van der Waals surface area contributed by atoms with Gasteiger partial charge in [0.05, 0.1) is 13.2 Å². The minimum atomic E-state index is -1.61. The van der Waals surface area contributed by atoms with E-state index >= 15 is 0 Å². The Morgan fingerprint density at radius 2 is 0.983 bits per heavy atom. The first-order valence-electron chi connectivity index (χ1n) is 22.9.